The lowest BCUT2D eigenvalue weighted by molar-refractivity contribution is 0.0526. The van der Waals surface area contributed by atoms with Crippen LogP contribution in [-0.2, 0) is 4.74 Å². The maximum atomic E-state index is 12.8. The summed E-state index contributed by atoms with van der Waals surface area (Å²) in [6, 6.07) is 13.4. The van der Waals surface area contributed by atoms with Crippen molar-refractivity contribution in [3.05, 3.63) is 65.2 Å². The van der Waals surface area contributed by atoms with E-state index in [-0.39, 0.29) is 12.4 Å². The fourth-order valence-corrected chi connectivity index (χ4v) is 2.17. The Kier molecular flexibility index (Phi) is 7.10. The molecule has 2 rings (SSSR count). The van der Waals surface area contributed by atoms with Gasteiger partial charge in [-0.25, -0.2) is 4.79 Å². The van der Waals surface area contributed by atoms with Crippen molar-refractivity contribution in [1.82, 2.24) is 0 Å². The molecule has 0 radical (unpaired) electrons. The van der Waals surface area contributed by atoms with Gasteiger partial charge in [0, 0.05) is 17.0 Å². The quantitative estimate of drug-likeness (QED) is 0.253. The van der Waals surface area contributed by atoms with Gasteiger partial charge in [-0.15, -0.1) is 11.6 Å². The first-order valence-electron chi connectivity index (χ1n) is 7.76. The lowest BCUT2D eigenvalue weighted by Gasteiger charge is -2.10. The van der Waals surface area contributed by atoms with Crippen molar-refractivity contribution in [3.63, 3.8) is 0 Å². The molecule has 0 bridgehead atoms. The Morgan fingerprint density at radius 2 is 1.88 bits per heavy atom. The van der Waals surface area contributed by atoms with Crippen LogP contribution in [0.25, 0.3) is 0 Å². The third-order valence-electron chi connectivity index (χ3n) is 3.24. The second-order valence-electron chi connectivity index (χ2n) is 4.94. The van der Waals surface area contributed by atoms with Gasteiger partial charge in [-0.1, -0.05) is 35.6 Å². The minimum Gasteiger partial charge on any atom is -0.462 e. The number of nitrogens with one attached hydrogen (secondary N) is 1. The van der Waals surface area contributed by atoms with E-state index in [1.54, 1.807) is 43.3 Å². The molecule has 0 spiro atoms. The summed E-state index contributed by atoms with van der Waals surface area (Å²) in [6.45, 7) is 2.34. The molecule has 2 aromatic rings. The molecule has 25 heavy (non-hydrogen) atoms. The van der Waals surface area contributed by atoms with Gasteiger partial charge in [0.25, 0.3) is 0 Å². The number of hydrogen-bond donors (Lipinski definition) is 1. The molecular weight excluding hydrogens is 342 g/mol. The highest BCUT2D eigenvalue weighted by Crippen LogP contribution is 2.22. The van der Waals surface area contributed by atoms with Crippen LogP contribution in [0.3, 0.4) is 0 Å². The molecule has 0 saturated heterocycles. The lowest BCUT2D eigenvalue weighted by Crippen LogP contribution is -2.10. The van der Waals surface area contributed by atoms with E-state index in [0.29, 0.717) is 34.8 Å². The van der Waals surface area contributed by atoms with Crippen LogP contribution in [0, 0.1) is 0 Å². The Balaban J connectivity index is 2.38. The van der Waals surface area contributed by atoms with Crippen LogP contribution in [0.1, 0.15) is 33.2 Å². The molecule has 130 valence electrons. The SMILES string of the molecule is CCOC(=O)c1ccc(NN=NCCCl)c(C(=O)c2ccccc2)c1. The van der Waals surface area contributed by atoms with Crippen LogP contribution in [0.5, 0.6) is 0 Å². The van der Waals surface area contributed by atoms with Gasteiger partial charge in [0.2, 0.25) is 0 Å². The van der Waals surface area contributed by atoms with Crippen molar-refractivity contribution in [1.29, 1.82) is 0 Å². The summed E-state index contributed by atoms with van der Waals surface area (Å²) in [7, 11) is 0. The number of alkyl halides is 1. The minimum absolute atomic E-state index is 0.234. The van der Waals surface area contributed by atoms with E-state index in [1.165, 1.54) is 6.07 Å². The number of rotatable bonds is 8. The number of nitrogens with zero attached hydrogens (tertiary/aromatic N) is 2. The number of carbonyl (C=O) groups is 2. The third-order valence-corrected chi connectivity index (χ3v) is 3.41. The summed E-state index contributed by atoms with van der Waals surface area (Å²) in [5.74, 6) is -0.371. The molecular formula is C18H18ClN3O3. The zero-order valence-electron chi connectivity index (χ0n) is 13.7. The summed E-state index contributed by atoms with van der Waals surface area (Å²) < 4.78 is 4.99. The lowest BCUT2D eigenvalue weighted by atomic mass is 9.99. The van der Waals surface area contributed by atoms with Gasteiger partial charge in [0.1, 0.15) is 0 Å². The zero-order chi connectivity index (χ0) is 18.1. The van der Waals surface area contributed by atoms with E-state index in [0.717, 1.165) is 0 Å². The number of benzene rings is 2. The summed E-state index contributed by atoms with van der Waals surface area (Å²) in [6.07, 6.45) is 0. The molecule has 0 fully saturated rings. The van der Waals surface area contributed by atoms with E-state index >= 15 is 0 Å². The van der Waals surface area contributed by atoms with E-state index in [1.807, 2.05) is 6.07 Å². The van der Waals surface area contributed by atoms with Crippen LogP contribution < -0.4 is 5.43 Å². The smallest absolute Gasteiger partial charge is 0.338 e. The molecule has 7 heteroatoms. The van der Waals surface area contributed by atoms with Gasteiger partial charge < -0.3 is 4.74 Å². The zero-order valence-corrected chi connectivity index (χ0v) is 14.5. The minimum atomic E-state index is -0.486. The second-order valence-corrected chi connectivity index (χ2v) is 5.32. The van der Waals surface area contributed by atoms with E-state index in [4.69, 9.17) is 16.3 Å². The van der Waals surface area contributed by atoms with E-state index in [9.17, 15) is 9.59 Å². The maximum absolute atomic E-state index is 12.8. The molecule has 0 aliphatic rings. The van der Waals surface area contributed by atoms with Gasteiger partial charge >= 0.3 is 5.97 Å². The van der Waals surface area contributed by atoms with Gasteiger partial charge in [0.15, 0.2) is 5.78 Å². The van der Waals surface area contributed by atoms with Gasteiger partial charge in [-0.3, -0.25) is 10.2 Å². The van der Waals surface area contributed by atoms with Crippen molar-refractivity contribution in [3.8, 4) is 0 Å². The first kappa shape index (κ1) is 18.6. The highest BCUT2D eigenvalue weighted by Gasteiger charge is 2.17. The highest BCUT2D eigenvalue weighted by molar-refractivity contribution is 6.18. The Morgan fingerprint density at radius 3 is 2.56 bits per heavy atom. The van der Waals surface area contributed by atoms with Gasteiger partial charge in [-0.2, -0.15) is 5.11 Å². The number of ether oxygens (including phenoxy) is 1. The number of hydrogen-bond acceptors (Lipinski definition) is 5. The number of ketones is 1. The van der Waals surface area contributed by atoms with E-state index < -0.39 is 5.97 Å². The van der Waals surface area contributed by atoms with Crippen molar-refractivity contribution >= 4 is 29.0 Å². The molecule has 0 aliphatic carbocycles. The molecule has 0 aliphatic heterocycles. The van der Waals surface area contributed by atoms with Crippen LogP contribution in [0.4, 0.5) is 5.69 Å². The Bertz CT molecular complexity index is 763. The van der Waals surface area contributed by atoms with Crippen molar-refractivity contribution in [2.75, 3.05) is 24.5 Å². The number of halogens is 1. The first-order valence-corrected chi connectivity index (χ1v) is 8.30. The molecule has 0 saturated carbocycles. The number of esters is 1. The van der Waals surface area contributed by atoms with Crippen LogP contribution in [0.15, 0.2) is 58.9 Å². The maximum Gasteiger partial charge on any atom is 0.338 e. The summed E-state index contributed by atoms with van der Waals surface area (Å²) >= 11 is 5.54. The van der Waals surface area contributed by atoms with E-state index in [2.05, 4.69) is 15.8 Å². The normalized spacial score (nSPS) is 10.6. The third kappa shape index (κ3) is 5.12. The summed E-state index contributed by atoms with van der Waals surface area (Å²) in [5.41, 5.74) is 4.27. The molecule has 0 heterocycles. The summed E-state index contributed by atoms with van der Waals surface area (Å²) in [5, 5.41) is 7.63. The van der Waals surface area contributed by atoms with Gasteiger partial charge in [-0.05, 0) is 25.1 Å². The van der Waals surface area contributed by atoms with Crippen LogP contribution >= 0.6 is 11.6 Å². The molecule has 6 nitrogen and oxygen atoms in total. The Labute approximate surface area is 150 Å². The molecule has 0 aromatic heterocycles. The number of anilines is 1. The van der Waals surface area contributed by atoms with Crippen LogP contribution in [0.2, 0.25) is 0 Å². The van der Waals surface area contributed by atoms with Crippen molar-refractivity contribution in [2.24, 2.45) is 10.3 Å². The van der Waals surface area contributed by atoms with Crippen LogP contribution in [-0.4, -0.2) is 30.8 Å². The van der Waals surface area contributed by atoms with Crippen molar-refractivity contribution in [2.45, 2.75) is 6.92 Å². The molecule has 0 atom stereocenters. The predicted octanol–water partition coefficient (Wildman–Crippen LogP) is 4.11. The fourth-order valence-electron chi connectivity index (χ4n) is 2.09. The first-order chi connectivity index (χ1) is 12.2. The second kappa shape index (κ2) is 9.54. The topological polar surface area (TPSA) is 80.1 Å². The van der Waals surface area contributed by atoms with Crippen molar-refractivity contribution < 1.29 is 14.3 Å². The molecule has 1 N–H and O–H groups in total. The molecule has 0 amide bonds. The standard InChI is InChI=1S/C18H18ClN3O3/c1-2-25-18(24)14-8-9-16(21-22-20-11-10-19)15(12-14)17(23)13-6-4-3-5-7-13/h3-9,12H,2,10-11H2,1H3,(H,20,21). The monoisotopic (exact) mass is 359 g/mol. The average molecular weight is 360 g/mol. The Hall–Kier alpha value is -2.73. The molecule has 0 unspecified atom stereocenters. The largest absolute Gasteiger partial charge is 0.462 e. The predicted molar refractivity (Wildman–Crippen MR) is 96.3 cm³/mol. The summed E-state index contributed by atoms with van der Waals surface area (Å²) in [4.78, 5) is 24.8. The molecule has 2 aromatic carbocycles. The number of carbonyl (C=O) groups excluding carboxylic acids is 2. The van der Waals surface area contributed by atoms with Gasteiger partial charge in [0.05, 0.1) is 24.4 Å². The highest BCUT2D eigenvalue weighted by atomic mass is 35.5. The fraction of sp³-hybridized carbons (Fsp3) is 0.222. The Morgan fingerprint density at radius 1 is 1.12 bits per heavy atom. The average Bonchev–Trinajstić information content (AvgIpc) is 2.65.